The van der Waals surface area contributed by atoms with E-state index in [1.165, 1.54) is 12.8 Å². The molecule has 0 aliphatic rings. The summed E-state index contributed by atoms with van der Waals surface area (Å²) in [5.41, 5.74) is 0. The lowest BCUT2D eigenvalue weighted by molar-refractivity contribution is 0.605. The van der Waals surface area contributed by atoms with Crippen molar-refractivity contribution in [2.24, 2.45) is 5.92 Å². The van der Waals surface area contributed by atoms with Gasteiger partial charge in [-0.15, -0.1) is 6.58 Å². The lowest BCUT2D eigenvalue weighted by Gasteiger charge is -2.03. The van der Waals surface area contributed by atoms with E-state index in [0.29, 0.717) is 0 Å². The minimum Gasteiger partial charge on any atom is -0.103 e. The van der Waals surface area contributed by atoms with Gasteiger partial charge in [-0.25, -0.2) is 0 Å². The Kier molecular flexibility index (Phi) is 6.25. The first kappa shape index (κ1) is 9.48. The third-order valence-corrected chi connectivity index (χ3v) is 1.76. The van der Waals surface area contributed by atoms with Gasteiger partial charge in [0.1, 0.15) is 0 Å². The molecule has 0 aromatic heterocycles. The van der Waals surface area contributed by atoms with E-state index < -0.39 is 0 Å². The van der Waals surface area contributed by atoms with Crippen LogP contribution >= 0.6 is 0 Å². The Bertz CT molecular complexity index is 96.6. The molecule has 0 atom stereocenters. The van der Waals surface area contributed by atoms with Crippen LogP contribution in [0.2, 0.25) is 0 Å². The molecule has 10 heavy (non-hydrogen) atoms. The minimum absolute atomic E-state index is 0.778. The second-order valence-corrected chi connectivity index (χ2v) is 2.53. The molecular weight excluding hydrogens is 120 g/mol. The van der Waals surface area contributed by atoms with Crippen LogP contribution in [0.5, 0.6) is 0 Å². The van der Waals surface area contributed by atoms with Gasteiger partial charge >= 0.3 is 0 Å². The van der Waals surface area contributed by atoms with Gasteiger partial charge in [-0.3, -0.25) is 0 Å². The molecule has 0 amide bonds. The second kappa shape index (κ2) is 6.60. The molecule has 0 radical (unpaired) electrons. The normalized spacial score (nSPS) is 11.1. The van der Waals surface area contributed by atoms with Crippen molar-refractivity contribution < 1.29 is 0 Å². The van der Waals surface area contributed by atoms with Gasteiger partial charge in [0.05, 0.1) is 0 Å². The topological polar surface area (TPSA) is 0 Å². The SMILES string of the molecule is C=CCC=CC(CC)CC. The summed E-state index contributed by atoms with van der Waals surface area (Å²) in [6, 6.07) is 0. The van der Waals surface area contributed by atoms with E-state index in [1.54, 1.807) is 0 Å². The Morgan fingerprint density at radius 1 is 1.30 bits per heavy atom. The van der Waals surface area contributed by atoms with Crippen LogP contribution in [0.4, 0.5) is 0 Å². The molecule has 0 rings (SSSR count). The van der Waals surface area contributed by atoms with E-state index in [2.05, 4.69) is 32.6 Å². The maximum absolute atomic E-state index is 3.66. The van der Waals surface area contributed by atoms with Crippen LogP contribution < -0.4 is 0 Å². The summed E-state index contributed by atoms with van der Waals surface area (Å²) in [6.07, 6.45) is 9.94. The average molecular weight is 138 g/mol. The summed E-state index contributed by atoms with van der Waals surface area (Å²) in [6.45, 7) is 8.12. The van der Waals surface area contributed by atoms with Crippen LogP contribution in [0.15, 0.2) is 24.8 Å². The fraction of sp³-hybridized carbons (Fsp3) is 0.600. The predicted octanol–water partition coefficient (Wildman–Crippen LogP) is 3.55. The van der Waals surface area contributed by atoms with Crippen molar-refractivity contribution in [2.75, 3.05) is 0 Å². The van der Waals surface area contributed by atoms with Gasteiger partial charge in [-0.1, -0.05) is 32.1 Å². The van der Waals surface area contributed by atoms with Crippen LogP contribution in [0.1, 0.15) is 33.1 Å². The Labute approximate surface area is 64.6 Å². The van der Waals surface area contributed by atoms with Gasteiger partial charge < -0.3 is 0 Å². The summed E-state index contributed by atoms with van der Waals surface area (Å²) in [4.78, 5) is 0. The summed E-state index contributed by atoms with van der Waals surface area (Å²) >= 11 is 0. The predicted molar refractivity (Wildman–Crippen MR) is 48.0 cm³/mol. The van der Waals surface area contributed by atoms with E-state index in [4.69, 9.17) is 0 Å². The minimum atomic E-state index is 0.778. The number of allylic oxidation sites excluding steroid dienone is 3. The molecule has 0 aliphatic carbocycles. The molecule has 0 saturated carbocycles. The van der Waals surface area contributed by atoms with Crippen LogP contribution in [-0.4, -0.2) is 0 Å². The maximum Gasteiger partial charge on any atom is -0.0172 e. The van der Waals surface area contributed by atoms with Crippen molar-refractivity contribution in [2.45, 2.75) is 33.1 Å². The van der Waals surface area contributed by atoms with Crippen molar-refractivity contribution in [3.05, 3.63) is 24.8 Å². The lowest BCUT2D eigenvalue weighted by atomic mass is 10.0. The fourth-order valence-electron chi connectivity index (χ4n) is 0.928. The summed E-state index contributed by atoms with van der Waals surface area (Å²) in [7, 11) is 0. The van der Waals surface area contributed by atoms with E-state index in [0.717, 1.165) is 12.3 Å². The van der Waals surface area contributed by atoms with Gasteiger partial charge in [-0.2, -0.15) is 0 Å². The van der Waals surface area contributed by atoms with Crippen molar-refractivity contribution in [1.29, 1.82) is 0 Å². The smallest absolute Gasteiger partial charge is 0.0172 e. The first-order chi connectivity index (χ1) is 4.85. The molecule has 0 saturated heterocycles. The molecule has 0 unspecified atom stereocenters. The van der Waals surface area contributed by atoms with Crippen molar-refractivity contribution >= 4 is 0 Å². The fourth-order valence-corrected chi connectivity index (χ4v) is 0.928. The highest BCUT2D eigenvalue weighted by atomic mass is 14.0. The monoisotopic (exact) mass is 138 g/mol. The van der Waals surface area contributed by atoms with Gasteiger partial charge in [-0.05, 0) is 25.2 Å². The molecule has 0 aliphatic heterocycles. The van der Waals surface area contributed by atoms with E-state index >= 15 is 0 Å². The largest absolute Gasteiger partial charge is 0.103 e. The van der Waals surface area contributed by atoms with Crippen LogP contribution in [0, 0.1) is 5.92 Å². The van der Waals surface area contributed by atoms with Crippen molar-refractivity contribution in [3.8, 4) is 0 Å². The zero-order valence-corrected chi connectivity index (χ0v) is 7.14. The summed E-state index contributed by atoms with van der Waals surface area (Å²) < 4.78 is 0. The standard InChI is InChI=1S/C10H18/c1-4-7-8-9-10(5-2)6-3/h4,8-10H,1,5-7H2,2-3H3. The lowest BCUT2D eigenvalue weighted by Crippen LogP contribution is -1.89. The van der Waals surface area contributed by atoms with Crippen molar-refractivity contribution in [3.63, 3.8) is 0 Å². The average Bonchev–Trinajstić information content (AvgIpc) is 1.99. The molecule has 0 fully saturated rings. The summed E-state index contributed by atoms with van der Waals surface area (Å²) in [5, 5.41) is 0. The molecule has 0 heterocycles. The van der Waals surface area contributed by atoms with Crippen LogP contribution in [0.25, 0.3) is 0 Å². The van der Waals surface area contributed by atoms with E-state index in [9.17, 15) is 0 Å². The highest BCUT2D eigenvalue weighted by molar-refractivity contribution is 4.91. The molecule has 0 aromatic rings. The highest BCUT2D eigenvalue weighted by Gasteiger charge is 1.94. The van der Waals surface area contributed by atoms with Gasteiger partial charge in [0.2, 0.25) is 0 Å². The highest BCUT2D eigenvalue weighted by Crippen LogP contribution is 2.08. The Morgan fingerprint density at radius 2 is 1.90 bits per heavy atom. The van der Waals surface area contributed by atoms with E-state index in [-0.39, 0.29) is 0 Å². The molecule has 0 aromatic carbocycles. The van der Waals surface area contributed by atoms with Crippen molar-refractivity contribution in [1.82, 2.24) is 0 Å². The van der Waals surface area contributed by atoms with Gasteiger partial charge in [0.15, 0.2) is 0 Å². The Morgan fingerprint density at radius 3 is 2.30 bits per heavy atom. The van der Waals surface area contributed by atoms with Crippen LogP contribution in [0.3, 0.4) is 0 Å². The number of hydrogen-bond acceptors (Lipinski definition) is 0. The molecular formula is C10H18. The van der Waals surface area contributed by atoms with Crippen LogP contribution in [-0.2, 0) is 0 Å². The van der Waals surface area contributed by atoms with Gasteiger partial charge in [0, 0.05) is 0 Å². The number of rotatable bonds is 5. The first-order valence-electron chi connectivity index (χ1n) is 4.12. The quantitative estimate of drug-likeness (QED) is 0.510. The maximum atomic E-state index is 3.66. The molecule has 0 spiro atoms. The first-order valence-corrected chi connectivity index (χ1v) is 4.12. The Hall–Kier alpha value is -0.520. The molecule has 0 heteroatoms. The third kappa shape index (κ3) is 4.37. The zero-order chi connectivity index (χ0) is 7.82. The zero-order valence-electron chi connectivity index (χ0n) is 7.14. The molecule has 58 valence electrons. The Balaban J connectivity index is 3.49. The van der Waals surface area contributed by atoms with E-state index in [1.807, 2.05) is 6.08 Å². The van der Waals surface area contributed by atoms with Gasteiger partial charge in [0.25, 0.3) is 0 Å². The number of hydrogen-bond donors (Lipinski definition) is 0. The summed E-state index contributed by atoms with van der Waals surface area (Å²) in [5.74, 6) is 0.778. The third-order valence-electron chi connectivity index (χ3n) is 1.76. The molecule has 0 bridgehead atoms. The molecule has 0 N–H and O–H groups in total. The molecule has 0 nitrogen and oxygen atoms in total. The second-order valence-electron chi connectivity index (χ2n) is 2.53.